The standard InChI is InChI=1S/C19H23N3O4/c1-13-8-15(20-21(13)2)11-22(19(23)17-4-3-7-24-17)10-14-5-6-16-18(9-14)26-12-25-16/h5-6,8-9,17H,3-4,7,10-12H2,1-2H3/t17-/m0/s1. The molecule has 0 spiro atoms. The first-order valence-electron chi connectivity index (χ1n) is 8.88. The van der Waals surface area contributed by atoms with Crippen molar-refractivity contribution in [2.24, 2.45) is 7.05 Å². The number of hydrogen-bond acceptors (Lipinski definition) is 5. The molecule has 0 bridgehead atoms. The molecule has 0 radical (unpaired) electrons. The van der Waals surface area contributed by atoms with Gasteiger partial charge in [-0.25, -0.2) is 0 Å². The Bertz CT molecular complexity index is 792. The highest BCUT2D eigenvalue weighted by Crippen LogP contribution is 2.33. The molecule has 138 valence electrons. The highest BCUT2D eigenvalue weighted by Gasteiger charge is 2.29. The van der Waals surface area contributed by atoms with E-state index in [1.165, 1.54) is 0 Å². The normalized spacial score (nSPS) is 18.3. The summed E-state index contributed by atoms with van der Waals surface area (Å²) in [4.78, 5) is 14.8. The summed E-state index contributed by atoms with van der Waals surface area (Å²) in [5, 5.41) is 4.50. The van der Waals surface area contributed by atoms with Gasteiger partial charge in [0.15, 0.2) is 11.5 Å². The number of carbonyl (C=O) groups excluding carboxylic acids is 1. The minimum atomic E-state index is -0.353. The first-order chi connectivity index (χ1) is 12.6. The van der Waals surface area contributed by atoms with Gasteiger partial charge >= 0.3 is 0 Å². The Balaban J connectivity index is 1.55. The third kappa shape index (κ3) is 3.39. The molecule has 1 saturated heterocycles. The average Bonchev–Trinajstić information content (AvgIpc) is 3.36. The molecule has 1 fully saturated rings. The lowest BCUT2D eigenvalue weighted by Crippen LogP contribution is -2.38. The number of ether oxygens (including phenoxy) is 3. The fourth-order valence-electron chi connectivity index (χ4n) is 3.36. The van der Waals surface area contributed by atoms with Crippen molar-refractivity contribution < 1.29 is 19.0 Å². The molecule has 7 nitrogen and oxygen atoms in total. The molecule has 0 aliphatic carbocycles. The zero-order valence-electron chi connectivity index (χ0n) is 15.1. The van der Waals surface area contributed by atoms with Gasteiger partial charge in [0, 0.05) is 25.9 Å². The van der Waals surface area contributed by atoms with E-state index in [4.69, 9.17) is 14.2 Å². The van der Waals surface area contributed by atoms with Crippen LogP contribution >= 0.6 is 0 Å². The zero-order chi connectivity index (χ0) is 18.1. The topological polar surface area (TPSA) is 65.8 Å². The number of fused-ring (bicyclic) bond motifs is 1. The van der Waals surface area contributed by atoms with E-state index >= 15 is 0 Å². The number of amides is 1. The third-order valence-electron chi connectivity index (χ3n) is 4.84. The summed E-state index contributed by atoms with van der Waals surface area (Å²) in [6, 6.07) is 7.79. The zero-order valence-corrected chi connectivity index (χ0v) is 15.1. The van der Waals surface area contributed by atoms with Crippen LogP contribution in [0.5, 0.6) is 11.5 Å². The summed E-state index contributed by atoms with van der Waals surface area (Å²) in [6.45, 7) is 3.82. The molecule has 7 heteroatoms. The van der Waals surface area contributed by atoms with E-state index in [1.54, 1.807) is 0 Å². The Kier molecular flexibility index (Phi) is 4.55. The van der Waals surface area contributed by atoms with Gasteiger partial charge in [-0.05, 0) is 43.5 Å². The molecule has 1 aromatic heterocycles. The molecule has 0 saturated carbocycles. The smallest absolute Gasteiger partial charge is 0.252 e. The lowest BCUT2D eigenvalue weighted by molar-refractivity contribution is -0.142. The van der Waals surface area contributed by atoms with E-state index in [2.05, 4.69) is 5.10 Å². The maximum atomic E-state index is 13.0. The predicted molar refractivity (Wildman–Crippen MR) is 93.7 cm³/mol. The summed E-state index contributed by atoms with van der Waals surface area (Å²) in [5.74, 6) is 1.48. The second-order valence-electron chi connectivity index (χ2n) is 6.78. The second-order valence-corrected chi connectivity index (χ2v) is 6.78. The molecule has 0 N–H and O–H groups in total. The van der Waals surface area contributed by atoms with Crippen LogP contribution in [0, 0.1) is 6.92 Å². The van der Waals surface area contributed by atoms with E-state index in [0.717, 1.165) is 41.3 Å². The van der Waals surface area contributed by atoms with Crippen molar-refractivity contribution >= 4 is 5.91 Å². The Morgan fingerprint density at radius 2 is 2.12 bits per heavy atom. The number of rotatable bonds is 5. The molecule has 2 aliphatic rings. The van der Waals surface area contributed by atoms with Crippen molar-refractivity contribution in [1.82, 2.24) is 14.7 Å². The second kappa shape index (κ2) is 6.99. The molecule has 1 aromatic carbocycles. The van der Waals surface area contributed by atoms with Gasteiger partial charge in [0.05, 0.1) is 12.2 Å². The van der Waals surface area contributed by atoms with Crippen molar-refractivity contribution in [3.63, 3.8) is 0 Å². The fraction of sp³-hybridized carbons (Fsp3) is 0.474. The van der Waals surface area contributed by atoms with Crippen LogP contribution < -0.4 is 9.47 Å². The van der Waals surface area contributed by atoms with Crippen molar-refractivity contribution in [3.8, 4) is 11.5 Å². The van der Waals surface area contributed by atoms with Crippen LogP contribution in [-0.2, 0) is 29.7 Å². The molecule has 2 aliphatic heterocycles. The summed E-state index contributed by atoms with van der Waals surface area (Å²) in [6.07, 6.45) is 1.35. The minimum Gasteiger partial charge on any atom is -0.454 e. The largest absolute Gasteiger partial charge is 0.454 e. The first-order valence-corrected chi connectivity index (χ1v) is 8.88. The highest BCUT2D eigenvalue weighted by molar-refractivity contribution is 5.81. The van der Waals surface area contributed by atoms with Crippen molar-refractivity contribution in [1.29, 1.82) is 0 Å². The fourth-order valence-corrected chi connectivity index (χ4v) is 3.36. The van der Waals surface area contributed by atoms with Crippen LogP contribution in [0.25, 0.3) is 0 Å². The lowest BCUT2D eigenvalue weighted by Gasteiger charge is -2.25. The van der Waals surface area contributed by atoms with E-state index < -0.39 is 0 Å². The maximum Gasteiger partial charge on any atom is 0.252 e. The van der Waals surface area contributed by atoms with Crippen molar-refractivity contribution in [2.45, 2.75) is 39.0 Å². The quantitative estimate of drug-likeness (QED) is 0.820. The van der Waals surface area contributed by atoms with Gasteiger partial charge in [-0.2, -0.15) is 5.10 Å². The van der Waals surface area contributed by atoms with Gasteiger partial charge in [-0.15, -0.1) is 0 Å². The molecule has 3 heterocycles. The van der Waals surface area contributed by atoms with Crippen LogP contribution in [0.4, 0.5) is 0 Å². The number of nitrogens with zero attached hydrogens (tertiary/aromatic N) is 3. The monoisotopic (exact) mass is 357 g/mol. The third-order valence-corrected chi connectivity index (χ3v) is 4.84. The molecule has 1 atom stereocenters. The Labute approximate surface area is 152 Å². The number of carbonyl (C=O) groups is 1. The van der Waals surface area contributed by atoms with Gasteiger partial charge in [0.1, 0.15) is 6.10 Å². The molecule has 0 unspecified atom stereocenters. The van der Waals surface area contributed by atoms with Crippen LogP contribution in [0.3, 0.4) is 0 Å². The molecular formula is C19H23N3O4. The van der Waals surface area contributed by atoms with Crippen molar-refractivity contribution in [3.05, 3.63) is 41.2 Å². The van der Waals surface area contributed by atoms with Crippen LogP contribution in [0.2, 0.25) is 0 Å². The molecule has 4 rings (SSSR count). The van der Waals surface area contributed by atoms with Crippen molar-refractivity contribution in [2.75, 3.05) is 13.4 Å². The highest BCUT2D eigenvalue weighted by atomic mass is 16.7. The van der Waals surface area contributed by atoms with Gasteiger partial charge in [-0.1, -0.05) is 6.07 Å². The molecule has 1 amide bonds. The maximum absolute atomic E-state index is 13.0. The molecule has 26 heavy (non-hydrogen) atoms. The molecule has 2 aromatic rings. The summed E-state index contributed by atoms with van der Waals surface area (Å²) >= 11 is 0. The van der Waals surface area contributed by atoms with Gasteiger partial charge in [-0.3, -0.25) is 9.48 Å². The summed E-state index contributed by atoms with van der Waals surface area (Å²) in [5.41, 5.74) is 2.93. The van der Waals surface area contributed by atoms with Crippen LogP contribution in [0.15, 0.2) is 24.3 Å². The first kappa shape index (κ1) is 16.9. The molecular weight excluding hydrogens is 334 g/mol. The minimum absolute atomic E-state index is 0.0171. The van der Waals surface area contributed by atoms with Crippen LogP contribution in [-0.4, -0.2) is 40.1 Å². The van der Waals surface area contributed by atoms with Gasteiger partial charge in [0.2, 0.25) is 6.79 Å². The number of aromatic nitrogens is 2. The number of benzene rings is 1. The van der Waals surface area contributed by atoms with E-state index in [0.29, 0.717) is 19.7 Å². The Hall–Kier alpha value is -2.54. The van der Waals surface area contributed by atoms with E-state index in [-0.39, 0.29) is 18.8 Å². The summed E-state index contributed by atoms with van der Waals surface area (Å²) < 4.78 is 18.3. The van der Waals surface area contributed by atoms with Gasteiger partial charge in [0.25, 0.3) is 5.91 Å². The Morgan fingerprint density at radius 3 is 2.85 bits per heavy atom. The number of hydrogen-bond donors (Lipinski definition) is 0. The lowest BCUT2D eigenvalue weighted by atomic mass is 10.1. The van der Waals surface area contributed by atoms with E-state index in [1.807, 2.05) is 47.8 Å². The average molecular weight is 357 g/mol. The van der Waals surface area contributed by atoms with Gasteiger partial charge < -0.3 is 19.1 Å². The number of aryl methyl sites for hydroxylation is 2. The Morgan fingerprint density at radius 1 is 1.27 bits per heavy atom. The van der Waals surface area contributed by atoms with E-state index in [9.17, 15) is 4.79 Å². The predicted octanol–water partition coefficient (Wildman–Crippen LogP) is 2.17. The van der Waals surface area contributed by atoms with Crippen LogP contribution in [0.1, 0.15) is 29.8 Å². The summed E-state index contributed by atoms with van der Waals surface area (Å²) in [7, 11) is 1.91. The SMILES string of the molecule is Cc1cc(CN(Cc2ccc3c(c2)OCO3)C(=O)[C@@H]2CCCO2)nn1C.